The molecule has 1 unspecified atom stereocenters. The number of carbonyl (C=O) groups is 2. The topological polar surface area (TPSA) is 75.6 Å². The molecule has 17 heavy (non-hydrogen) atoms. The molecule has 0 aliphatic rings. The van der Waals surface area contributed by atoms with Crippen LogP contribution < -0.4 is 10.1 Å². The number of hydrogen-bond acceptors (Lipinski definition) is 4. The van der Waals surface area contributed by atoms with E-state index in [4.69, 9.17) is 9.84 Å². The maximum absolute atomic E-state index is 11.8. The van der Waals surface area contributed by atoms with Crippen molar-refractivity contribution in [2.45, 2.75) is 25.8 Å². The van der Waals surface area contributed by atoms with Gasteiger partial charge in [-0.05, 0) is 6.42 Å². The van der Waals surface area contributed by atoms with Crippen LogP contribution in [0.3, 0.4) is 0 Å². The Labute approximate surface area is 103 Å². The lowest BCUT2D eigenvalue weighted by atomic mass is 10.1. The first-order valence-electron chi connectivity index (χ1n) is 5.22. The van der Waals surface area contributed by atoms with Crippen LogP contribution in [-0.2, 0) is 4.79 Å². The van der Waals surface area contributed by atoms with E-state index in [1.54, 1.807) is 11.4 Å². The van der Waals surface area contributed by atoms with Crippen LogP contribution in [-0.4, -0.2) is 30.1 Å². The second-order valence-electron chi connectivity index (χ2n) is 3.53. The first kappa shape index (κ1) is 13.5. The maximum Gasteiger partial charge on any atom is 0.305 e. The molecule has 0 spiro atoms. The molecule has 0 fully saturated rings. The van der Waals surface area contributed by atoms with E-state index in [-0.39, 0.29) is 18.4 Å². The number of nitrogens with one attached hydrogen (secondary N) is 1. The Morgan fingerprint density at radius 1 is 1.59 bits per heavy atom. The van der Waals surface area contributed by atoms with Crippen LogP contribution in [0.15, 0.2) is 11.4 Å². The molecule has 94 valence electrons. The van der Waals surface area contributed by atoms with E-state index in [9.17, 15) is 9.59 Å². The minimum atomic E-state index is -0.916. The molecule has 2 N–H and O–H groups in total. The van der Waals surface area contributed by atoms with Gasteiger partial charge in [-0.25, -0.2) is 0 Å². The minimum absolute atomic E-state index is 0.0647. The highest BCUT2D eigenvalue weighted by molar-refractivity contribution is 7.12. The number of methoxy groups -OCH3 is 1. The second-order valence-corrected chi connectivity index (χ2v) is 4.44. The Morgan fingerprint density at radius 3 is 2.76 bits per heavy atom. The summed E-state index contributed by atoms with van der Waals surface area (Å²) in [5.41, 5.74) is 0. The van der Waals surface area contributed by atoms with Gasteiger partial charge in [-0.2, -0.15) is 0 Å². The van der Waals surface area contributed by atoms with Crippen LogP contribution in [0, 0.1) is 0 Å². The summed E-state index contributed by atoms with van der Waals surface area (Å²) in [7, 11) is 1.53. The van der Waals surface area contributed by atoms with Gasteiger partial charge in [-0.1, -0.05) is 6.92 Å². The summed E-state index contributed by atoms with van der Waals surface area (Å²) in [5.74, 6) is -0.543. The molecule has 5 nitrogen and oxygen atoms in total. The van der Waals surface area contributed by atoms with Gasteiger partial charge in [0.1, 0.15) is 5.75 Å². The van der Waals surface area contributed by atoms with Gasteiger partial charge in [0.05, 0.1) is 18.4 Å². The Balaban J connectivity index is 2.60. The van der Waals surface area contributed by atoms with Crippen LogP contribution in [0.4, 0.5) is 0 Å². The van der Waals surface area contributed by atoms with Gasteiger partial charge >= 0.3 is 5.97 Å². The van der Waals surface area contributed by atoms with Gasteiger partial charge in [0, 0.05) is 17.5 Å². The fourth-order valence-corrected chi connectivity index (χ4v) is 2.07. The SMILES string of the molecule is CCC(CC(=O)O)NC(=O)c1cc(OC)cs1. The fourth-order valence-electron chi connectivity index (χ4n) is 1.31. The number of amides is 1. The Bertz CT molecular complexity index is 402. The largest absolute Gasteiger partial charge is 0.496 e. The summed E-state index contributed by atoms with van der Waals surface area (Å²) in [6, 6.07) is 1.29. The van der Waals surface area contributed by atoms with E-state index in [1.807, 2.05) is 6.92 Å². The predicted octanol–water partition coefficient (Wildman–Crippen LogP) is 1.74. The first-order valence-corrected chi connectivity index (χ1v) is 6.10. The monoisotopic (exact) mass is 257 g/mol. The smallest absolute Gasteiger partial charge is 0.305 e. The highest BCUT2D eigenvalue weighted by atomic mass is 32.1. The molecule has 0 aliphatic heterocycles. The molecule has 1 amide bonds. The summed E-state index contributed by atoms with van der Waals surface area (Å²) >= 11 is 1.27. The van der Waals surface area contributed by atoms with Crippen molar-refractivity contribution in [3.63, 3.8) is 0 Å². The third-order valence-electron chi connectivity index (χ3n) is 2.28. The average Bonchev–Trinajstić information content (AvgIpc) is 2.75. The Hall–Kier alpha value is -1.56. The van der Waals surface area contributed by atoms with E-state index in [0.717, 1.165) is 0 Å². The van der Waals surface area contributed by atoms with Crippen molar-refractivity contribution >= 4 is 23.2 Å². The van der Waals surface area contributed by atoms with Crippen LogP contribution in [0.1, 0.15) is 29.4 Å². The molecule has 1 rings (SSSR count). The van der Waals surface area contributed by atoms with Crippen molar-refractivity contribution in [3.05, 3.63) is 16.3 Å². The summed E-state index contributed by atoms with van der Waals surface area (Å²) in [5, 5.41) is 13.1. The molecule has 1 atom stereocenters. The van der Waals surface area contributed by atoms with Crippen molar-refractivity contribution in [3.8, 4) is 5.75 Å². The number of rotatable bonds is 6. The van der Waals surface area contributed by atoms with Crippen LogP contribution in [0.25, 0.3) is 0 Å². The number of thiophene rings is 1. The first-order chi connectivity index (χ1) is 8.06. The number of carboxylic acids is 1. The normalized spacial score (nSPS) is 11.9. The molecule has 0 radical (unpaired) electrons. The number of carbonyl (C=O) groups excluding carboxylic acids is 1. The zero-order chi connectivity index (χ0) is 12.8. The zero-order valence-electron chi connectivity index (χ0n) is 9.73. The van der Waals surface area contributed by atoms with Crippen molar-refractivity contribution < 1.29 is 19.4 Å². The molecule has 0 aliphatic carbocycles. The Kier molecular flexibility index (Phi) is 4.96. The summed E-state index contributed by atoms with van der Waals surface area (Å²) in [6.45, 7) is 1.84. The van der Waals surface area contributed by atoms with Crippen LogP contribution in [0.5, 0.6) is 5.75 Å². The summed E-state index contributed by atoms with van der Waals surface area (Å²) < 4.78 is 4.98. The number of ether oxygens (including phenoxy) is 1. The van der Waals surface area contributed by atoms with E-state index in [1.165, 1.54) is 18.4 Å². The van der Waals surface area contributed by atoms with Gasteiger partial charge in [0.15, 0.2) is 0 Å². The lowest BCUT2D eigenvalue weighted by molar-refractivity contribution is -0.137. The van der Waals surface area contributed by atoms with Crippen molar-refractivity contribution in [2.24, 2.45) is 0 Å². The highest BCUT2D eigenvalue weighted by Gasteiger charge is 2.16. The van der Waals surface area contributed by atoms with Crippen molar-refractivity contribution in [1.29, 1.82) is 0 Å². The van der Waals surface area contributed by atoms with Gasteiger partial charge in [0.25, 0.3) is 5.91 Å². The fraction of sp³-hybridized carbons (Fsp3) is 0.455. The second kappa shape index (κ2) is 6.24. The van der Waals surface area contributed by atoms with Crippen LogP contribution in [0.2, 0.25) is 0 Å². The molecule has 0 bridgehead atoms. The van der Waals surface area contributed by atoms with Crippen LogP contribution >= 0.6 is 11.3 Å². The quantitative estimate of drug-likeness (QED) is 0.814. The Morgan fingerprint density at radius 2 is 2.29 bits per heavy atom. The third-order valence-corrected chi connectivity index (χ3v) is 3.19. The van der Waals surface area contributed by atoms with E-state index >= 15 is 0 Å². The average molecular weight is 257 g/mol. The minimum Gasteiger partial charge on any atom is -0.496 e. The molecule has 6 heteroatoms. The van der Waals surface area contributed by atoms with Crippen molar-refractivity contribution in [1.82, 2.24) is 5.32 Å². The van der Waals surface area contributed by atoms with Gasteiger partial charge in [-0.3, -0.25) is 9.59 Å². The molecule has 1 aromatic heterocycles. The van der Waals surface area contributed by atoms with E-state index < -0.39 is 5.97 Å². The molecule has 0 saturated carbocycles. The zero-order valence-corrected chi connectivity index (χ0v) is 10.5. The molecular weight excluding hydrogens is 242 g/mol. The summed E-state index contributed by atoms with van der Waals surface area (Å²) in [6.07, 6.45) is 0.519. The van der Waals surface area contributed by atoms with Gasteiger partial charge in [-0.15, -0.1) is 11.3 Å². The lowest BCUT2D eigenvalue weighted by Crippen LogP contribution is -2.35. The summed E-state index contributed by atoms with van der Waals surface area (Å²) in [4.78, 5) is 22.9. The van der Waals surface area contributed by atoms with E-state index in [2.05, 4.69) is 5.32 Å². The predicted molar refractivity (Wildman–Crippen MR) is 64.7 cm³/mol. The van der Waals surface area contributed by atoms with E-state index in [0.29, 0.717) is 17.0 Å². The number of carboxylic acid groups (broad SMARTS) is 1. The molecule has 0 aromatic carbocycles. The maximum atomic E-state index is 11.8. The number of aliphatic carboxylic acids is 1. The number of hydrogen-bond donors (Lipinski definition) is 2. The highest BCUT2D eigenvalue weighted by Crippen LogP contribution is 2.21. The molecular formula is C11H15NO4S. The molecule has 1 heterocycles. The van der Waals surface area contributed by atoms with Gasteiger partial charge in [0.2, 0.25) is 0 Å². The molecule has 0 saturated heterocycles. The standard InChI is InChI=1S/C11H15NO4S/c1-3-7(4-10(13)14)12-11(15)9-5-8(16-2)6-17-9/h5-7H,3-4H2,1-2H3,(H,12,15)(H,13,14). The van der Waals surface area contributed by atoms with Gasteiger partial charge < -0.3 is 15.2 Å². The molecule has 1 aromatic rings. The van der Waals surface area contributed by atoms with Crippen molar-refractivity contribution in [2.75, 3.05) is 7.11 Å². The lowest BCUT2D eigenvalue weighted by Gasteiger charge is -2.13. The third kappa shape index (κ3) is 4.07.